The number of carbonyl (C=O) groups is 1. The van der Waals surface area contributed by atoms with E-state index in [0.29, 0.717) is 5.69 Å². The van der Waals surface area contributed by atoms with Gasteiger partial charge in [-0.1, -0.05) is 18.2 Å². The van der Waals surface area contributed by atoms with Gasteiger partial charge in [0.2, 0.25) is 0 Å². The molecule has 8 heteroatoms. The maximum atomic E-state index is 12.7. The number of esters is 1. The van der Waals surface area contributed by atoms with Crippen LogP contribution >= 0.6 is 0 Å². The third kappa shape index (κ3) is 2.23. The second-order valence-corrected chi connectivity index (χ2v) is 4.90. The lowest BCUT2D eigenvalue weighted by Gasteiger charge is -2.24. The van der Waals surface area contributed by atoms with Gasteiger partial charge in [0.25, 0.3) is 0 Å². The lowest BCUT2D eigenvalue weighted by atomic mass is 10.2. The van der Waals surface area contributed by atoms with Gasteiger partial charge in [0.15, 0.2) is 12.3 Å². The molecule has 0 radical (unpaired) electrons. The van der Waals surface area contributed by atoms with E-state index in [0.717, 1.165) is 13.9 Å². The zero-order valence-corrected chi connectivity index (χ0v) is 12.6. The number of nitrogens with zero attached hydrogens (tertiary/aromatic N) is 3. The van der Waals surface area contributed by atoms with E-state index >= 15 is 0 Å². The van der Waals surface area contributed by atoms with Gasteiger partial charge in [-0.05, 0) is 24.3 Å². The molecule has 0 unspecified atom stereocenters. The van der Waals surface area contributed by atoms with Crippen molar-refractivity contribution in [2.45, 2.75) is 12.3 Å². The zero-order chi connectivity index (χ0) is 16.6. The van der Waals surface area contributed by atoms with Gasteiger partial charge in [0.1, 0.15) is 0 Å². The Labute approximate surface area is 130 Å². The fourth-order valence-corrected chi connectivity index (χ4v) is 2.59. The number of methoxy groups -OCH3 is 2. The number of rotatable bonds is 3. The Bertz CT molecular complexity index is 875. The highest BCUT2D eigenvalue weighted by atomic mass is 16.5. The van der Waals surface area contributed by atoms with Crippen molar-refractivity contribution in [2.75, 3.05) is 14.2 Å². The van der Waals surface area contributed by atoms with Gasteiger partial charge in [0, 0.05) is 7.11 Å². The van der Waals surface area contributed by atoms with Crippen LogP contribution in [0.4, 0.5) is 0 Å². The Kier molecular flexibility index (Phi) is 3.75. The quantitative estimate of drug-likeness (QED) is 0.598. The minimum atomic E-state index is -1.02. The zero-order valence-electron chi connectivity index (χ0n) is 12.6. The van der Waals surface area contributed by atoms with Crippen molar-refractivity contribution in [2.24, 2.45) is 0 Å². The number of aromatic nitrogens is 3. The minimum absolute atomic E-state index is 0.412. The molecule has 23 heavy (non-hydrogen) atoms. The molecular weight excluding hydrogens is 302 g/mol. The molecule has 3 rings (SSSR count). The summed E-state index contributed by atoms with van der Waals surface area (Å²) in [5.74, 6) is -0.642. The van der Waals surface area contributed by atoms with Crippen LogP contribution < -0.4 is 11.4 Å². The Hall–Kier alpha value is -2.87. The third-order valence-electron chi connectivity index (χ3n) is 3.67. The molecular formula is C15H15N3O5. The van der Waals surface area contributed by atoms with E-state index in [9.17, 15) is 14.4 Å². The average molecular weight is 317 g/mol. The van der Waals surface area contributed by atoms with E-state index in [1.807, 2.05) is 0 Å². The van der Waals surface area contributed by atoms with E-state index in [1.54, 1.807) is 30.3 Å². The van der Waals surface area contributed by atoms with Crippen LogP contribution in [0, 0.1) is 0 Å². The summed E-state index contributed by atoms with van der Waals surface area (Å²) in [6, 6.07) is 7.46. The van der Waals surface area contributed by atoms with Crippen LogP contribution in [-0.4, -0.2) is 34.1 Å². The summed E-state index contributed by atoms with van der Waals surface area (Å²) in [6.45, 7) is 0. The third-order valence-corrected chi connectivity index (χ3v) is 3.67. The predicted octanol–water partition coefficient (Wildman–Crippen LogP) is 0.230. The number of hydrogen-bond donors (Lipinski definition) is 0. The highest BCUT2D eigenvalue weighted by Gasteiger charge is 2.33. The number of para-hydroxylation sites is 1. The number of carbonyl (C=O) groups excluding carboxylic acids is 1. The molecule has 0 amide bonds. The summed E-state index contributed by atoms with van der Waals surface area (Å²) >= 11 is 0. The molecule has 1 aromatic carbocycles. The van der Waals surface area contributed by atoms with Crippen molar-refractivity contribution in [1.82, 2.24) is 13.9 Å². The Morgan fingerprint density at radius 2 is 1.65 bits per heavy atom. The lowest BCUT2D eigenvalue weighted by Crippen LogP contribution is -2.39. The van der Waals surface area contributed by atoms with Crippen LogP contribution in [0.5, 0.6) is 0 Å². The highest BCUT2D eigenvalue weighted by molar-refractivity contribution is 5.76. The van der Waals surface area contributed by atoms with Crippen molar-refractivity contribution in [3.8, 4) is 5.69 Å². The summed E-state index contributed by atoms with van der Waals surface area (Å²) in [5.41, 5.74) is -0.815. The molecule has 1 aliphatic heterocycles. The van der Waals surface area contributed by atoms with E-state index in [2.05, 4.69) is 0 Å². The molecule has 0 fully saturated rings. The molecule has 0 bridgehead atoms. The second kappa shape index (κ2) is 5.73. The normalized spacial score (nSPS) is 19.4. The largest absolute Gasteiger partial charge is 0.467 e. The number of benzene rings is 1. The number of hydrogen-bond acceptors (Lipinski definition) is 5. The molecule has 2 atom stereocenters. The lowest BCUT2D eigenvalue weighted by molar-refractivity contribution is -0.144. The van der Waals surface area contributed by atoms with Crippen LogP contribution in [0.3, 0.4) is 0 Å². The van der Waals surface area contributed by atoms with Crippen molar-refractivity contribution in [1.29, 1.82) is 0 Å². The molecule has 120 valence electrons. The van der Waals surface area contributed by atoms with Gasteiger partial charge in [-0.25, -0.2) is 23.6 Å². The van der Waals surface area contributed by atoms with Crippen molar-refractivity contribution >= 4 is 5.97 Å². The summed E-state index contributed by atoms with van der Waals surface area (Å²) in [6.07, 6.45) is 2.24. The Morgan fingerprint density at radius 1 is 1.00 bits per heavy atom. The molecule has 1 aliphatic rings. The van der Waals surface area contributed by atoms with Crippen molar-refractivity contribution < 1.29 is 14.3 Å². The van der Waals surface area contributed by atoms with Crippen molar-refractivity contribution in [3.05, 3.63) is 63.5 Å². The SMILES string of the molecule is COC(=O)[C@@H]1C=C[C@@H](OC)n2c(=O)n(-c3ccccc3)c(=O)n21. The summed E-state index contributed by atoms with van der Waals surface area (Å²) in [4.78, 5) is 37.4. The highest BCUT2D eigenvalue weighted by Crippen LogP contribution is 2.20. The molecule has 2 aromatic rings. The van der Waals surface area contributed by atoms with E-state index in [1.165, 1.54) is 26.4 Å². The smallest absolute Gasteiger partial charge is 0.354 e. The standard InChI is InChI=1S/C15H15N3O5/c1-22-12-9-8-11(13(19)23-2)17-14(20)16(15(21)18(12)17)10-6-4-3-5-7-10/h3-9,11-12H,1-2H3/t11-,12+/m0/s1. The van der Waals surface area contributed by atoms with Gasteiger partial charge in [-0.3, -0.25) is 0 Å². The average Bonchev–Trinajstić information content (AvgIpc) is 2.86. The van der Waals surface area contributed by atoms with Gasteiger partial charge >= 0.3 is 17.3 Å². The van der Waals surface area contributed by atoms with Crippen LogP contribution in [0.1, 0.15) is 12.3 Å². The fraction of sp³-hybridized carbons (Fsp3) is 0.267. The predicted molar refractivity (Wildman–Crippen MR) is 80.5 cm³/mol. The van der Waals surface area contributed by atoms with Crippen LogP contribution in [-0.2, 0) is 14.3 Å². The first-order chi connectivity index (χ1) is 11.1. The molecule has 0 saturated carbocycles. The van der Waals surface area contributed by atoms with E-state index in [4.69, 9.17) is 9.47 Å². The first-order valence-electron chi connectivity index (χ1n) is 6.90. The molecule has 0 aliphatic carbocycles. The summed E-state index contributed by atoms with van der Waals surface area (Å²) in [7, 11) is 2.63. The van der Waals surface area contributed by atoms with Crippen molar-refractivity contribution in [3.63, 3.8) is 0 Å². The number of ether oxygens (including phenoxy) is 2. The first-order valence-corrected chi connectivity index (χ1v) is 6.90. The maximum absolute atomic E-state index is 12.7. The second-order valence-electron chi connectivity index (χ2n) is 4.90. The molecule has 0 spiro atoms. The van der Waals surface area contributed by atoms with Crippen LogP contribution in [0.15, 0.2) is 52.1 Å². The summed E-state index contributed by atoms with van der Waals surface area (Å²) < 4.78 is 13.1. The Balaban J connectivity index is 2.30. The summed E-state index contributed by atoms with van der Waals surface area (Å²) in [5, 5.41) is 0. The molecule has 0 saturated heterocycles. The van der Waals surface area contributed by atoms with Crippen LogP contribution in [0.25, 0.3) is 5.69 Å². The maximum Gasteiger partial charge on any atom is 0.354 e. The van der Waals surface area contributed by atoms with Gasteiger partial charge in [-0.2, -0.15) is 4.68 Å². The monoisotopic (exact) mass is 317 g/mol. The minimum Gasteiger partial charge on any atom is -0.467 e. The van der Waals surface area contributed by atoms with Gasteiger partial charge in [0.05, 0.1) is 12.8 Å². The topological polar surface area (TPSA) is 84.5 Å². The van der Waals surface area contributed by atoms with Gasteiger partial charge < -0.3 is 9.47 Å². The van der Waals surface area contributed by atoms with E-state index in [-0.39, 0.29) is 0 Å². The van der Waals surface area contributed by atoms with Crippen LogP contribution in [0.2, 0.25) is 0 Å². The number of fused-ring (bicyclic) bond motifs is 1. The van der Waals surface area contributed by atoms with E-state index < -0.39 is 29.6 Å². The fourth-order valence-electron chi connectivity index (χ4n) is 2.59. The molecule has 0 N–H and O–H groups in total. The van der Waals surface area contributed by atoms with Gasteiger partial charge in [-0.15, -0.1) is 0 Å². The first kappa shape index (κ1) is 15.0. The molecule has 1 aromatic heterocycles. The molecule has 8 nitrogen and oxygen atoms in total. The molecule has 2 heterocycles. The Morgan fingerprint density at radius 3 is 2.26 bits per heavy atom.